The Balaban J connectivity index is 1.33. The molecule has 192 valence electrons. The Bertz CT molecular complexity index is 1250. The van der Waals surface area contributed by atoms with Gasteiger partial charge in [-0.1, -0.05) is 65.9 Å². The average molecular weight is 529 g/mol. The van der Waals surface area contributed by atoms with Crippen molar-refractivity contribution in [3.05, 3.63) is 65.9 Å². The number of carbonyl (C=O) groups is 1. The van der Waals surface area contributed by atoms with Gasteiger partial charge in [-0.25, -0.2) is 18.1 Å². The smallest absolute Gasteiger partial charge is 0.252 e. The van der Waals surface area contributed by atoms with Gasteiger partial charge in [0.15, 0.2) is 9.34 Å². The number of nitrogens with zero attached hydrogens (tertiary/aromatic N) is 3. The number of thiazole rings is 1. The molecule has 0 atom stereocenters. The molecule has 0 radical (unpaired) electrons. The van der Waals surface area contributed by atoms with Gasteiger partial charge < -0.3 is 4.74 Å². The predicted octanol–water partition coefficient (Wildman–Crippen LogP) is 3.32. The molecule has 0 bridgehead atoms. The van der Waals surface area contributed by atoms with Gasteiger partial charge in [0.05, 0.1) is 25.3 Å². The highest BCUT2D eigenvalue weighted by Crippen LogP contribution is 2.29. The second-order valence-corrected chi connectivity index (χ2v) is 11.7. The van der Waals surface area contributed by atoms with Gasteiger partial charge in [0, 0.05) is 26.7 Å². The lowest BCUT2D eigenvalue weighted by molar-refractivity contribution is -0.117. The quantitative estimate of drug-likeness (QED) is 0.406. The van der Waals surface area contributed by atoms with E-state index in [2.05, 4.69) is 14.6 Å². The van der Waals surface area contributed by atoms with Crippen LogP contribution in [0.3, 0.4) is 0 Å². The van der Waals surface area contributed by atoms with Crippen LogP contribution in [0.5, 0.6) is 0 Å². The summed E-state index contributed by atoms with van der Waals surface area (Å²) in [6.07, 6.45) is 0.914. The standard InChI is InChI=1S/C26H32N4O4S2/c1-20-25(36(32,33)27-13-6-14-30-15-17-34-18-16-30)35-26(28-20)29(2)24(31)19-21-9-11-23(12-10-21)22-7-4-3-5-8-22/h3-5,7-12,27H,6,13-19H2,1-2H3. The summed E-state index contributed by atoms with van der Waals surface area (Å²) < 4.78 is 33.9. The lowest BCUT2D eigenvalue weighted by Gasteiger charge is -2.26. The third kappa shape index (κ3) is 6.77. The number of morpholine rings is 1. The number of amides is 1. The molecule has 1 saturated heterocycles. The first-order valence-corrected chi connectivity index (χ1v) is 14.3. The van der Waals surface area contributed by atoms with E-state index in [9.17, 15) is 13.2 Å². The number of aromatic nitrogens is 1. The lowest BCUT2D eigenvalue weighted by Crippen LogP contribution is -2.38. The van der Waals surface area contributed by atoms with E-state index in [0.717, 1.165) is 60.9 Å². The fourth-order valence-electron chi connectivity index (χ4n) is 4.01. The summed E-state index contributed by atoms with van der Waals surface area (Å²) in [5.41, 5.74) is 3.48. The molecule has 8 nitrogen and oxygen atoms in total. The molecule has 1 N–H and O–H groups in total. The Morgan fingerprint density at radius 2 is 1.75 bits per heavy atom. The molecule has 4 rings (SSSR count). The third-order valence-electron chi connectivity index (χ3n) is 6.11. The third-order valence-corrected chi connectivity index (χ3v) is 9.42. The van der Waals surface area contributed by atoms with Crippen molar-refractivity contribution in [1.29, 1.82) is 0 Å². The summed E-state index contributed by atoms with van der Waals surface area (Å²) in [6, 6.07) is 17.9. The number of rotatable bonds is 10. The first-order chi connectivity index (χ1) is 17.3. The maximum Gasteiger partial charge on any atom is 0.252 e. The number of ether oxygens (including phenoxy) is 1. The highest BCUT2D eigenvalue weighted by atomic mass is 32.2. The molecule has 36 heavy (non-hydrogen) atoms. The second-order valence-electron chi connectivity index (χ2n) is 8.77. The number of hydrogen-bond acceptors (Lipinski definition) is 7. The maximum absolute atomic E-state index is 12.9. The first-order valence-electron chi connectivity index (χ1n) is 12.0. The zero-order chi connectivity index (χ0) is 25.5. The minimum Gasteiger partial charge on any atom is -0.379 e. The fourth-order valence-corrected chi connectivity index (χ4v) is 6.60. The van der Waals surface area contributed by atoms with E-state index in [1.807, 2.05) is 54.6 Å². The fraction of sp³-hybridized carbons (Fsp3) is 0.385. The van der Waals surface area contributed by atoms with Crippen LogP contribution in [-0.2, 0) is 26.0 Å². The van der Waals surface area contributed by atoms with Crippen molar-refractivity contribution in [2.75, 3.05) is 51.3 Å². The molecule has 0 aliphatic carbocycles. The molecule has 0 unspecified atom stereocenters. The van der Waals surface area contributed by atoms with Crippen LogP contribution in [0.1, 0.15) is 17.7 Å². The Hall–Kier alpha value is -2.63. The van der Waals surface area contributed by atoms with Gasteiger partial charge in [-0.2, -0.15) is 0 Å². The molecule has 1 fully saturated rings. The topological polar surface area (TPSA) is 91.8 Å². The molecule has 1 amide bonds. The van der Waals surface area contributed by atoms with Crippen molar-refractivity contribution in [2.45, 2.75) is 24.0 Å². The van der Waals surface area contributed by atoms with Crippen molar-refractivity contribution in [1.82, 2.24) is 14.6 Å². The van der Waals surface area contributed by atoms with Crippen LogP contribution >= 0.6 is 11.3 Å². The molecule has 10 heteroatoms. The van der Waals surface area contributed by atoms with Gasteiger partial charge >= 0.3 is 0 Å². The van der Waals surface area contributed by atoms with Crippen LogP contribution in [0.25, 0.3) is 11.1 Å². The molecule has 1 aliphatic heterocycles. The predicted molar refractivity (Wildman–Crippen MR) is 143 cm³/mol. The summed E-state index contributed by atoms with van der Waals surface area (Å²) in [6.45, 7) is 6.02. The second kappa shape index (κ2) is 12.1. The minimum absolute atomic E-state index is 0.149. The van der Waals surface area contributed by atoms with E-state index in [1.54, 1.807) is 14.0 Å². The van der Waals surface area contributed by atoms with Crippen LogP contribution in [0, 0.1) is 6.92 Å². The van der Waals surface area contributed by atoms with Crippen molar-refractivity contribution >= 4 is 32.4 Å². The normalized spacial score (nSPS) is 14.6. The first kappa shape index (κ1) is 26.4. The highest BCUT2D eigenvalue weighted by Gasteiger charge is 2.25. The van der Waals surface area contributed by atoms with Crippen LogP contribution < -0.4 is 9.62 Å². The summed E-state index contributed by atoms with van der Waals surface area (Å²) in [7, 11) is -2.07. The Morgan fingerprint density at radius 3 is 2.44 bits per heavy atom. The number of carbonyl (C=O) groups excluding carboxylic acids is 1. The number of hydrogen-bond donors (Lipinski definition) is 1. The minimum atomic E-state index is -3.70. The number of sulfonamides is 1. The van der Waals surface area contributed by atoms with Crippen molar-refractivity contribution in [3.63, 3.8) is 0 Å². The Morgan fingerprint density at radius 1 is 1.08 bits per heavy atom. The lowest BCUT2D eigenvalue weighted by atomic mass is 10.0. The number of benzene rings is 2. The monoisotopic (exact) mass is 528 g/mol. The van der Waals surface area contributed by atoms with E-state index in [1.165, 1.54) is 4.90 Å². The Kier molecular flexibility index (Phi) is 8.86. The van der Waals surface area contributed by atoms with E-state index in [-0.39, 0.29) is 16.5 Å². The molecule has 2 aromatic carbocycles. The summed E-state index contributed by atoms with van der Waals surface area (Å²) in [5, 5.41) is 0.368. The molecule has 2 heterocycles. The number of nitrogens with one attached hydrogen (secondary N) is 1. The largest absolute Gasteiger partial charge is 0.379 e. The number of anilines is 1. The van der Waals surface area contributed by atoms with Crippen molar-refractivity contribution in [3.8, 4) is 11.1 Å². The van der Waals surface area contributed by atoms with E-state index in [0.29, 0.717) is 23.8 Å². The van der Waals surface area contributed by atoms with Gasteiger partial charge in [-0.05, 0) is 36.6 Å². The van der Waals surface area contributed by atoms with Gasteiger partial charge in [0.2, 0.25) is 5.91 Å². The average Bonchev–Trinajstić information content (AvgIpc) is 3.30. The SMILES string of the molecule is Cc1nc(N(C)C(=O)Cc2ccc(-c3ccccc3)cc2)sc1S(=O)(=O)NCCCN1CCOCC1. The van der Waals surface area contributed by atoms with Crippen LogP contribution in [0.2, 0.25) is 0 Å². The van der Waals surface area contributed by atoms with E-state index in [4.69, 9.17) is 4.74 Å². The van der Waals surface area contributed by atoms with Gasteiger partial charge in [0.1, 0.15) is 0 Å². The zero-order valence-electron chi connectivity index (χ0n) is 20.6. The van der Waals surface area contributed by atoms with E-state index >= 15 is 0 Å². The van der Waals surface area contributed by atoms with Crippen LogP contribution in [0.15, 0.2) is 58.8 Å². The van der Waals surface area contributed by atoms with Gasteiger partial charge in [0.25, 0.3) is 10.0 Å². The van der Waals surface area contributed by atoms with Crippen LogP contribution in [-0.4, -0.2) is 70.6 Å². The van der Waals surface area contributed by atoms with Gasteiger partial charge in [-0.15, -0.1) is 0 Å². The number of likely N-dealkylation sites (N-methyl/N-ethyl adjacent to an activating group) is 1. The summed E-state index contributed by atoms with van der Waals surface area (Å²) in [4.78, 5) is 21.0. The summed E-state index contributed by atoms with van der Waals surface area (Å²) >= 11 is 1.02. The molecular weight excluding hydrogens is 496 g/mol. The van der Waals surface area contributed by atoms with Gasteiger partial charge in [-0.3, -0.25) is 14.6 Å². The van der Waals surface area contributed by atoms with Crippen molar-refractivity contribution in [2.24, 2.45) is 0 Å². The van der Waals surface area contributed by atoms with Crippen LogP contribution in [0.4, 0.5) is 5.13 Å². The molecular formula is C26H32N4O4S2. The molecule has 3 aromatic rings. The zero-order valence-corrected chi connectivity index (χ0v) is 22.3. The van der Waals surface area contributed by atoms with E-state index < -0.39 is 10.0 Å². The molecule has 0 spiro atoms. The highest BCUT2D eigenvalue weighted by molar-refractivity contribution is 7.91. The Labute approximate surface area is 217 Å². The maximum atomic E-state index is 12.9. The summed E-state index contributed by atoms with van der Waals surface area (Å²) in [5.74, 6) is -0.154. The van der Waals surface area contributed by atoms with Crippen molar-refractivity contribution < 1.29 is 17.9 Å². The molecule has 0 saturated carbocycles. The molecule has 1 aliphatic rings. The molecule has 1 aromatic heterocycles. The number of aryl methyl sites for hydroxylation is 1.